The van der Waals surface area contributed by atoms with Gasteiger partial charge in [-0.3, -0.25) is 4.79 Å². The van der Waals surface area contributed by atoms with Gasteiger partial charge in [-0.05, 0) is 26.2 Å². The molecule has 0 atom stereocenters. The van der Waals surface area contributed by atoms with Crippen molar-refractivity contribution in [1.29, 1.82) is 0 Å². The molecule has 1 saturated heterocycles. The Labute approximate surface area is 108 Å². The molecule has 1 fully saturated rings. The second-order valence-corrected chi connectivity index (χ2v) is 4.74. The monoisotopic (exact) mass is 248 g/mol. The molecule has 0 radical (unpaired) electrons. The Morgan fingerprint density at radius 3 is 2.72 bits per heavy atom. The fraction of sp³-hybridized carbons (Fsp3) is 0.615. The molecule has 0 bridgehead atoms. The van der Waals surface area contributed by atoms with Crippen molar-refractivity contribution in [3.63, 3.8) is 0 Å². The summed E-state index contributed by atoms with van der Waals surface area (Å²) in [4.78, 5) is 22.1. The lowest BCUT2D eigenvalue weighted by Gasteiger charge is -2.28. The highest BCUT2D eigenvalue weighted by Gasteiger charge is 2.13. The van der Waals surface area contributed by atoms with Crippen molar-refractivity contribution in [2.45, 2.75) is 39.7 Å². The summed E-state index contributed by atoms with van der Waals surface area (Å²) in [6, 6.07) is 2.02. The third kappa shape index (κ3) is 3.42. The topological polar surface area (TPSA) is 58.1 Å². The van der Waals surface area contributed by atoms with E-state index in [1.165, 1.54) is 26.2 Å². The first-order valence-corrected chi connectivity index (χ1v) is 6.49. The molecule has 18 heavy (non-hydrogen) atoms. The third-order valence-electron chi connectivity index (χ3n) is 3.06. The summed E-state index contributed by atoms with van der Waals surface area (Å²) in [5.41, 5.74) is 0.950. The first kappa shape index (κ1) is 12.8. The van der Waals surface area contributed by atoms with Crippen LogP contribution in [0, 0.1) is 6.92 Å². The average Bonchev–Trinajstić information content (AvgIpc) is 2.37. The minimum atomic E-state index is -0.0559. The van der Waals surface area contributed by atoms with Gasteiger partial charge in [0.05, 0.1) is 6.54 Å². The fourth-order valence-corrected chi connectivity index (χ4v) is 2.18. The van der Waals surface area contributed by atoms with E-state index in [-0.39, 0.29) is 5.91 Å². The minimum absolute atomic E-state index is 0.0559. The molecular formula is C13H20N4O. The molecule has 0 saturated carbocycles. The summed E-state index contributed by atoms with van der Waals surface area (Å²) in [6.07, 6.45) is 3.76. The Bertz CT molecular complexity index is 427. The van der Waals surface area contributed by atoms with Crippen molar-refractivity contribution < 1.29 is 4.79 Å². The number of anilines is 1. The van der Waals surface area contributed by atoms with Crippen LogP contribution in [0.15, 0.2) is 6.07 Å². The summed E-state index contributed by atoms with van der Waals surface area (Å²) < 4.78 is 0. The molecule has 1 aromatic heterocycles. The molecular weight excluding hydrogens is 228 g/mol. The first-order chi connectivity index (χ1) is 8.65. The Balaban J connectivity index is 2.12. The van der Waals surface area contributed by atoms with Gasteiger partial charge < -0.3 is 10.2 Å². The lowest BCUT2D eigenvalue weighted by Crippen LogP contribution is -2.31. The Morgan fingerprint density at radius 1 is 1.33 bits per heavy atom. The molecule has 2 heterocycles. The third-order valence-corrected chi connectivity index (χ3v) is 3.06. The van der Waals surface area contributed by atoms with Crippen LogP contribution in [0.5, 0.6) is 0 Å². The summed E-state index contributed by atoms with van der Waals surface area (Å²) >= 11 is 0. The van der Waals surface area contributed by atoms with E-state index in [9.17, 15) is 4.79 Å². The molecule has 0 unspecified atom stereocenters. The van der Waals surface area contributed by atoms with Crippen LogP contribution < -0.4 is 10.2 Å². The second-order valence-electron chi connectivity index (χ2n) is 4.74. The zero-order chi connectivity index (χ0) is 13.0. The van der Waals surface area contributed by atoms with E-state index in [0.29, 0.717) is 12.4 Å². The predicted molar refractivity (Wildman–Crippen MR) is 70.4 cm³/mol. The Kier molecular flexibility index (Phi) is 4.12. The van der Waals surface area contributed by atoms with Crippen LogP contribution >= 0.6 is 0 Å². The van der Waals surface area contributed by atoms with E-state index in [2.05, 4.69) is 20.2 Å². The van der Waals surface area contributed by atoms with Gasteiger partial charge in [0.15, 0.2) is 0 Å². The molecule has 0 aliphatic carbocycles. The maximum Gasteiger partial charge on any atom is 0.217 e. The quantitative estimate of drug-likeness (QED) is 0.878. The largest absolute Gasteiger partial charge is 0.357 e. The molecule has 0 aromatic carbocycles. The van der Waals surface area contributed by atoms with Gasteiger partial charge in [0.2, 0.25) is 5.91 Å². The normalized spacial score (nSPS) is 15.6. The van der Waals surface area contributed by atoms with Gasteiger partial charge in [-0.15, -0.1) is 0 Å². The van der Waals surface area contributed by atoms with E-state index in [1.54, 1.807) is 0 Å². The van der Waals surface area contributed by atoms with Crippen molar-refractivity contribution >= 4 is 11.7 Å². The van der Waals surface area contributed by atoms with E-state index >= 15 is 0 Å². The number of aromatic nitrogens is 2. The molecule has 2 rings (SSSR count). The number of nitrogens with one attached hydrogen (secondary N) is 1. The highest BCUT2D eigenvalue weighted by atomic mass is 16.1. The number of carbonyl (C=O) groups is 1. The molecule has 5 nitrogen and oxygen atoms in total. The maximum atomic E-state index is 10.9. The van der Waals surface area contributed by atoms with Gasteiger partial charge in [-0.1, -0.05) is 0 Å². The van der Waals surface area contributed by atoms with Crippen molar-refractivity contribution in [3.05, 3.63) is 17.6 Å². The van der Waals surface area contributed by atoms with Gasteiger partial charge in [0.1, 0.15) is 11.6 Å². The average molecular weight is 248 g/mol. The maximum absolute atomic E-state index is 10.9. The van der Waals surface area contributed by atoms with Crippen molar-refractivity contribution in [2.75, 3.05) is 18.0 Å². The van der Waals surface area contributed by atoms with Gasteiger partial charge >= 0.3 is 0 Å². The van der Waals surface area contributed by atoms with Crippen LogP contribution in [0.25, 0.3) is 0 Å². The van der Waals surface area contributed by atoms with Crippen LogP contribution in [0.2, 0.25) is 0 Å². The molecule has 1 amide bonds. The minimum Gasteiger partial charge on any atom is -0.357 e. The summed E-state index contributed by atoms with van der Waals surface area (Å²) in [7, 11) is 0. The number of carbonyl (C=O) groups excluding carboxylic acids is 1. The molecule has 5 heteroatoms. The highest BCUT2D eigenvalue weighted by molar-refractivity contribution is 5.72. The molecule has 98 valence electrons. The Morgan fingerprint density at radius 2 is 2.06 bits per heavy atom. The number of amides is 1. The van der Waals surface area contributed by atoms with Gasteiger partial charge in [-0.2, -0.15) is 0 Å². The first-order valence-electron chi connectivity index (χ1n) is 6.49. The van der Waals surface area contributed by atoms with Crippen LogP contribution in [-0.4, -0.2) is 29.0 Å². The van der Waals surface area contributed by atoms with Crippen LogP contribution in [0.4, 0.5) is 5.82 Å². The Hall–Kier alpha value is -1.65. The SMILES string of the molecule is CC(=O)NCc1nc(C)cc(N2CCCCC2)n1. The summed E-state index contributed by atoms with van der Waals surface area (Å²) in [5, 5.41) is 2.74. The molecule has 0 spiro atoms. The number of nitrogens with zero attached hydrogens (tertiary/aromatic N) is 3. The molecule has 1 aliphatic rings. The number of aryl methyl sites for hydroxylation is 1. The summed E-state index contributed by atoms with van der Waals surface area (Å²) in [5.74, 6) is 1.62. The van der Waals surface area contributed by atoms with Gasteiger partial charge in [0, 0.05) is 31.8 Å². The number of hydrogen-bond donors (Lipinski definition) is 1. The smallest absolute Gasteiger partial charge is 0.217 e. The zero-order valence-corrected chi connectivity index (χ0v) is 11.1. The van der Waals surface area contributed by atoms with Crippen molar-refractivity contribution in [3.8, 4) is 0 Å². The molecule has 1 aliphatic heterocycles. The second kappa shape index (κ2) is 5.80. The van der Waals surface area contributed by atoms with E-state index in [1.807, 2.05) is 13.0 Å². The van der Waals surface area contributed by atoms with Crippen LogP contribution in [0.1, 0.15) is 37.7 Å². The molecule has 1 N–H and O–H groups in total. The highest BCUT2D eigenvalue weighted by Crippen LogP contribution is 2.18. The fourth-order valence-electron chi connectivity index (χ4n) is 2.18. The predicted octanol–water partition coefficient (Wildman–Crippen LogP) is 1.41. The number of hydrogen-bond acceptors (Lipinski definition) is 4. The van der Waals surface area contributed by atoms with Gasteiger partial charge in [-0.25, -0.2) is 9.97 Å². The van der Waals surface area contributed by atoms with E-state index < -0.39 is 0 Å². The van der Waals surface area contributed by atoms with Crippen molar-refractivity contribution in [2.24, 2.45) is 0 Å². The number of rotatable bonds is 3. The van der Waals surface area contributed by atoms with E-state index in [0.717, 1.165) is 24.6 Å². The van der Waals surface area contributed by atoms with Gasteiger partial charge in [0.25, 0.3) is 0 Å². The summed E-state index contributed by atoms with van der Waals surface area (Å²) in [6.45, 7) is 6.00. The van der Waals surface area contributed by atoms with E-state index in [4.69, 9.17) is 0 Å². The zero-order valence-electron chi connectivity index (χ0n) is 11.1. The van der Waals surface area contributed by atoms with Crippen molar-refractivity contribution in [1.82, 2.24) is 15.3 Å². The lowest BCUT2D eigenvalue weighted by molar-refractivity contribution is -0.119. The molecule has 1 aromatic rings. The van der Waals surface area contributed by atoms with Crippen LogP contribution in [-0.2, 0) is 11.3 Å². The number of piperidine rings is 1. The standard InChI is InChI=1S/C13H20N4O/c1-10-8-13(17-6-4-3-5-7-17)16-12(15-10)9-14-11(2)18/h8H,3-7,9H2,1-2H3,(H,14,18). The lowest BCUT2D eigenvalue weighted by atomic mass is 10.1. The van der Waals surface area contributed by atoms with Crippen LogP contribution in [0.3, 0.4) is 0 Å².